The number of hydrogen-bond acceptors (Lipinski definition) is 1. The second-order valence-corrected chi connectivity index (χ2v) is 6.66. The molecule has 1 aliphatic carbocycles. The van der Waals surface area contributed by atoms with E-state index in [4.69, 9.17) is 4.74 Å². The fourth-order valence-electron chi connectivity index (χ4n) is 2.38. The molecule has 1 nitrogen and oxygen atoms in total. The molecule has 0 radical (unpaired) electrons. The van der Waals surface area contributed by atoms with Gasteiger partial charge in [-0.1, -0.05) is 75.0 Å². The van der Waals surface area contributed by atoms with Gasteiger partial charge in [-0.25, -0.2) is 0 Å². The van der Waals surface area contributed by atoms with E-state index in [2.05, 4.69) is 36.4 Å². The zero-order valence-corrected chi connectivity index (χ0v) is 13.0. The molecule has 0 saturated heterocycles. The molecule has 0 aromatic rings. The average Bonchev–Trinajstić information content (AvgIpc) is 2.28. The molecule has 1 fully saturated rings. The van der Waals surface area contributed by atoms with Crippen LogP contribution in [-0.4, -0.2) is 16.6 Å². The van der Waals surface area contributed by atoms with Crippen LogP contribution in [0.4, 0.5) is 0 Å². The molecule has 0 N–H and O–H groups in total. The quantitative estimate of drug-likeness (QED) is 0.508. The van der Waals surface area contributed by atoms with Crippen molar-refractivity contribution in [2.24, 2.45) is 5.92 Å². The molecule has 0 amide bonds. The molecule has 1 saturated carbocycles. The van der Waals surface area contributed by atoms with Crippen molar-refractivity contribution in [3.63, 3.8) is 0 Å². The SMILES string of the molecule is CCC(CC)COC1CCCCCCC1I. The molecule has 2 heteroatoms. The predicted molar refractivity (Wildman–Crippen MR) is 79.3 cm³/mol. The molecule has 2 atom stereocenters. The highest BCUT2D eigenvalue weighted by Gasteiger charge is 2.21. The van der Waals surface area contributed by atoms with Crippen LogP contribution in [-0.2, 0) is 4.74 Å². The Hall–Kier alpha value is 0.690. The zero-order valence-electron chi connectivity index (χ0n) is 10.9. The van der Waals surface area contributed by atoms with Gasteiger partial charge in [0, 0.05) is 10.5 Å². The predicted octanol–water partition coefficient (Wildman–Crippen LogP) is 4.97. The first-order valence-electron chi connectivity index (χ1n) is 7.03. The second-order valence-electron chi connectivity index (χ2n) is 5.06. The van der Waals surface area contributed by atoms with Gasteiger partial charge in [0.15, 0.2) is 0 Å². The summed E-state index contributed by atoms with van der Waals surface area (Å²) in [5.74, 6) is 0.772. The number of hydrogen-bond donors (Lipinski definition) is 0. The normalized spacial score (nSPS) is 27.8. The van der Waals surface area contributed by atoms with Gasteiger partial charge in [-0.15, -0.1) is 0 Å². The summed E-state index contributed by atoms with van der Waals surface area (Å²) in [5.41, 5.74) is 0. The molecule has 0 heterocycles. The first kappa shape index (κ1) is 14.7. The van der Waals surface area contributed by atoms with E-state index in [1.54, 1.807) is 0 Å². The van der Waals surface area contributed by atoms with Crippen molar-refractivity contribution in [2.75, 3.05) is 6.61 Å². The van der Waals surface area contributed by atoms with Crippen molar-refractivity contribution in [3.8, 4) is 0 Å². The summed E-state index contributed by atoms with van der Waals surface area (Å²) in [7, 11) is 0. The largest absolute Gasteiger partial charge is 0.377 e. The lowest BCUT2D eigenvalue weighted by Gasteiger charge is -2.27. The summed E-state index contributed by atoms with van der Waals surface area (Å²) in [4.78, 5) is 0. The van der Waals surface area contributed by atoms with Crippen molar-refractivity contribution in [2.45, 2.75) is 75.2 Å². The lowest BCUT2D eigenvalue weighted by atomic mass is 9.98. The molecule has 0 aromatic heterocycles. The minimum atomic E-state index is 0.529. The van der Waals surface area contributed by atoms with E-state index in [0.29, 0.717) is 6.10 Å². The lowest BCUT2D eigenvalue weighted by molar-refractivity contribution is 0.0190. The van der Waals surface area contributed by atoms with Crippen molar-refractivity contribution in [1.82, 2.24) is 0 Å². The Morgan fingerprint density at radius 3 is 2.31 bits per heavy atom. The van der Waals surface area contributed by atoms with Crippen molar-refractivity contribution < 1.29 is 4.74 Å². The Morgan fingerprint density at radius 1 is 1.06 bits per heavy atom. The molecule has 1 rings (SSSR count). The second kappa shape index (κ2) is 8.73. The molecule has 16 heavy (non-hydrogen) atoms. The molecular formula is C14H27IO. The maximum absolute atomic E-state index is 6.17. The van der Waals surface area contributed by atoms with E-state index in [9.17, 15) is 0 Å². The molecule has 0 bridgehead atoms. The van der Waals surface area contributed by atoms with Gasteiger partial charge >= 0.3 is 0 Å². The van der Waals surface area contributed by atoms with Gasteiger partial charge in [0.25, 0.3) is 0 Å². The molecule has 0 aliphatic heterocycles. The van der Waals surface area contributed by atoms with Crippen LogP contribution in [0, 0.1) is 5.92 Å². The van der Waals surface area contributed by atoms with Gasteiger partial charge in [0.2, 0.25) is 0 Å². The summed E-state index contributed by atoms with van der Waals surface area (Å²) in [5, 5.41) is 0. The third kappa shape index (κ3) is 5.35. The van der Waals surface area contributed by atoms with Crippen LogP contribution in [0.2, 0.25) is 0 Å². The number of ether oxygens (including phenoxy) is 1. The van der Waals surface area contributed by atoms with Crippen molar-refractivity contribution >= 4 is 22.6 Å². The average molecular weight is 338 g/mol. The Morgan fingerprint density at radius 2 is 1.69 bits per heavy atom. The van der Waals surface area contributed by atoms with E-state index >= 15 is 0 Å². The van der Waals surface area contributed by atoms with E-state index < -0.39 is 0 Å². The van der Waals surface area contributed by atoms with Crippen molar-refractivity contribution in [3.05, 3.63) is 0 Å². The first-order chi connectivity index (χ1) is 7.77. The molecule has 1 aliphatic rings. The summed E-state index contributed by atoms with van der Waals surface area (Å²) in [6.45, 7) is 5.53. The van der Waals surface area contributed by atoms with Crippen LogP contribution in [0.15, 0.2) is 0 Å². The zero-order chi connectivity index (χ0) is 11.8. The number of rotatable bonds is 5. The van der Waals surface area contributed by atoms with Gasteiger partial charge in [0.1, 0.15) is 0 Å². The van der Waals surface area contributed by atoms with Crippen LogP contribution >= 0.6 is 22.6 Å². The molecule has 0 spiro atoms. The van der Waals surface area contributed by atoms with E-state index in [0.717, 1.165) is 16.4 Å². The molecular weight excluding hydrogens is 311 g/mol. The highest BCUT2D eigenvalue weighted by atomic mass is 127. The van der Waals surface area contributed by atoms with Gasteiger partial charge in [0.05, 0.1) is 6.10 Å². The monoisotopic (exact) mass is 338 g/mol. The molecule has 0 aromatic carbocycles. The van der Waals surface area contributed by atoms with E-state index in [-0.39, 0.29) is 0 Å². The summed E-state index contributed by atoms with van der Waals surface area (Å²) in [6, 6.07) is 0. The van der Waals surface area contributed by atoms with E-state index in [1.165, 1.54) is 51.4 Å². The van der Waals surface area contributed by atoms with Gasteiger partial charge < -0.3 is 4.74 Å². The highest BCUT2D eigenvalue weighted by Crippen LogP contribution is 2.26. The van der Waals surface area contributed by atoms with Crippen LogP contribution in [0.3, 0.4) is 0 Å². The third-order valence-electron chi connectivity index (χ3n) is 3.82. The third-order valence-corrected chi connectivity index (χ3v) is 5.25. The van der Waals surface area contributed by atoms with Gasteiger partial charge in [-0.2, -0.15) is 0 Å². The molecule has 96 valence electrons. The number of halogens is 1. The minimum absolute atomic E-state index is 0.529. The van der Waals surface area contributed by atoms with Crippen LogP contribution in [0.5, 0.6) is 0 Å². The van der Waals surface area contributed by atoms with Crippen LogP contribution < -0.4 is 0 Å². The first-order valence-corrected chi connectivity index (χ1v) is 8.28. The summed E-state index contributed by atoms with van der Waals surface area (Å²) in [6.07, 6.45) is 11.3. The summed E-state index contributed by atoms with van der Waals surface area (Å²) >= 11 is 2.61. The van der Waals surface area contributed by atoms with Gasteiger partial charge in [-0.05, 0) is 18.8 Å². The minimum Gasteiger partial charge on any atom is -0.377 e. The van der Waals surface area contributed by atoms with Crippen LogP contribution in [0.1, 0.15) is 65.2 Å². The summed E-state index contributed by atoms with van der Waals surface area (Å²) < 4.78 is 6.91. The Bertz CT molecular complexity index is 168. The van der Waals surface area contributed by atoms with Gasteiger partial charge in [-0.3, -0.25) is 0 Å². The highest BCUT2D eigenvalue weighted by molar-refractivity contribution is 14.1. The molecule has 2 unspecified atom stereocenters. The maximum Gasteiger partial charge on any atom is 0.0692 e. The number of alkyl halides is 1. The fraction of sp³-hybridized carbons (Fsp3) is 1.00. The fourth-order valence-corrected chi connectivity index (χ4v) is 3.38. The van der Waals surface area contributed by atoms with Crippen molar-refractivity contribution in [1.29, 1.82) is 0 Å². The Labute approximate surface area is 115 Å². The lowest BCUT2D eigenvalue weighted by Crippen LogP contribution is -2.27. The Balaban J connectivity index is 2.30. The van der Waals surface area contributed by atoms with E-state index in [1.807, 2.05) is 0 Å². The Kier molecular flexibility index (Phi) is 8.05. The van der Waals surface area contributed by atoms with Crippen LogP contribution in [0.25, 0.3) is 0 Å². The smallest absolute Gasteiger partial charge is 0.0692 e. The maximum atomic E-state index is 6.17. The standard InChI is InChI=1S/C14H27IO/c1-3-12(4-2)11-16-14-10-8-6-5-7-9-13(14)15/h12-14H,3-11H2,1-2H3. The topological polar surface area (TPSA) is 9.23 Å².